The van der Waals surface area contributed by atoms with Crippen LogP contribution in [0, 0.1) is 0 Å². The lowest BCUT2D eigenvalue weighted by Crippen LogP contribution is -2.25. The van der Waals surface area contributed by atoms with Gasteiger partial charge in [0.05, 0.1) is 7.11 Å². The first-order valence-electron chi connectivity index (χ1n) is 12.7. The molecule has 0 spiro atoms. The Hall–Kier alpha value is -3.04. The molecule has 0 unspecified atom stereocenters. The van der Waals surface area contributed by atoms with Gasteiger partial charge in [-0.05, 0) is 90.9 Å². The van der Waals surface area contributed by atoms with Crippen molar-refractivity contribution in [2.24, 2.45) is 0 Å². The summed E-state index contributed by atoms with van der Waals surface area (Å²) >= 11 is 0. The fourth-order valence-corrected chi connectivity index (χ4v) is 4.70. The number of likely N-dealkylation sites (tertiary alicyclic amines) is 1. The second kappa shape index (κ2) is 12.4. The van der Waals surface area contributed by atoms with Crippen LogP contribution in [0.25, 0.3) is 11.1 Å². The first-order chi connectivity index (χ1) is 16.8. The maximum atomic E-state index is 6.07. The molecule has 0 atom stereocenters. The fourth-order valence-electron chi connectivity index (χ4n) is 4.70. The SMILES string of the molecule is CCCC/C(=C(/c1ccc(OC)cc1)c1ccc(OCCN2CCCC2)cc1)c1ccccc1. The summed E-state index contributed by atoms with van der Waals surface area (Å²) in [6.07, 6.45) is 5.99. The third-order valence-corrected chi connectivity index (χ3v) is 6.60. The molecule has 3 aromatic rings. The standard InChI is InChI=1S/C31H37NO2/c1-3-4-12-30(25-10-6-5-7-11-25)31(26-13-17-28(33-2)18-14-26)27-15-19-29(20-16-27)34-24-23-32-21-8-9-22-32/h5-7,10-11,13-20H,3-4,8-9,12,21-24H2,1-2H3/b31-30+. The van der Waals surface area contributed by atoms with E-state index in [0.717, 1.165) is 43.9 Å². The van der Waals surface area contributed by atoms with Gasteiger partial charge in [-0.1, -0.05) is 67.9 Å². The number of unbranched alkanes of at least 4 members (excludes halogenated alkanes) is 1. The molecule has 0 aliphatic carbocycles. The van der Waals surface area contributed by atoms with E-state index < -0.39 is 0 Å². The van der Waals surface area contributed by atoms with E-state index in [9.17, 15) is 0 Å². The Morgan fingerprint density at radius 1 is 0.765 bits per heavy atom. The van der Waals surface area contributed by atoms with E-state index in [0.29, 0.717) is 0 Å². The molecule has 1 heterocycles. The monoisotopic (exact) mass is 455 g/mol. The zero-order chi connectivity index (χ0) is 23.6. The van der Waals surface area contributed by atoms with Gasteiger partial charge < -0.3 is 9.47 Å². The Bertz CT molecular complexity index is 1030. The smallest absolute Gasteiger partial charge is 0.119 e. The summed E-state index contributed by atoms with van der Waals surface area (Å²) in [6, 6.07) is 27.9. The molecule has 4 rings (SSSR count). The van der Waals surface area contributed by atoms with Crippen LogP contribution in [0.2, 0.25) is 0 Å². The molecule has 3 aromatic carbocycles. The third kappa shape index (κ3) is 6.30. The van der Waals surface area contributed by atoms with Gasteiger partial charge in [0.25, 0.3) is 0 Å². The molecule has 0 aromatic heterocycles. The second-order valence-corrected chi connectivity index (χ2v) is 8.97. The van der Waals surface area contributed by atoms with Crippen LogP contribution >= 0.6 is 0 Å². The quantitative estimate of drug-likeness (QED) is 0.283. The van der Waals surface area contributed by atoms with Gasteiger partial charge in [-0.3, -0.25) is 4.90 Å². The lowest BCUT2D eigenvalue weighted by molar-refractivity contribution is 0.238. The number of hydrogen-bond donors (Lipinski definition) is 0. The highest BCUT2D eigenvalue weighted by Gasteiger charge is 2.15. The van der Waals surface area contributed by atoms with E-state index in [1.165, 1.54) is 53.8 Å². The van der Waals surface area contributed by atoms with Gasteiger partial charge >= 0.3 is 0 Å². The zero-order valence-electron chi connectivity index (χ0n) is 20.6. The van der Waals surface area contributed by atoms with Gasteiger partial charge in [0, 0.05) is 6.54 Å². The van der Waals surface area contributed by atoms with Crippen molar-refractivity contribution < 1.29 is 9.47 Å². The minimum atomic E-state index is 0.742. The summed E-state index contributed by atoms with van der Waals surface area (Å²) < 4.78 is 11.5. The Morgan fingerprint density at radius 3 is 1.97 bits per heavy atom. The first kappa shape index (κ1) is 24.1. The van der Waals surface area contributed by atoms with Gasteiger partial charge in [-0.15, -0.1) is 0 Å². The van der Waals surface area contributed by atoms with Crippen LogP contribution in [0.4, 0.5) is 0 Å². The number of methoxy groups -OCH3 is 1. The lowest BCUT2D eigenvalue weighted by atomic mass is 9.87. The minimum Gasteiger partial charge on any atom is -0.497 e. The van der Waals surface area contributed by atoms with E-state index in [1.807, 2.05) is 12.1 Å². The number of hydrogen-bond acceptors (Lipinski definition) is 3. The normalized spacial score (nSPS) is 14.6. The summed E-state index contributed by atoms with van der Waals surface area (Å²) in [7, 11) is 1.71. The highest BCUT2D eigenvalue weighted by atomic mass is 16.5. The number of ether oxygens (including phenoxy) is 2. The molecule has 0 N–H and O–H groups in total. The molecule has 3 nitrogen and oxygen atoms in total. The highest BCUT2D eigenvalue weighted by Crippen LogP contribution is 2.36. The van der Waals surface area contributed by atoms with Crippen LogP contribution < -0.4 is 9.47 Å². The summed E-state index contributed by atoms with van der Waals surface area (Å²) in [5.41, 5.74) is 6.37. The molecule has 1 aliphatic heterocycles. The predicted octanol–water partition coefficient (Wildman–Crippen LogP) is 7.32. The fraction of sp³-hybridized carbons (Fsp3) is 0.355. The maximum absolute atomic E-state index is 6.07. The van der Waals surface area contributed by atoms with Crippen LogP contribution in [-0.2, 0) is 0 Å². The van der Waals surface area contributed by atoms with Crippen molar-refractivity contribution in [1.82, 2.24) is 4.90 Å². The molecule has 1 fully saturated rings. The van der Waals surface area contributed by atoms with Crippen molar-refractivity contribution in [1.29, 1.82) is 0 Å². The molecule has 0 amide bonds. The van der Waals surface area contributed by atoms with Crippen molar-refractivity contribution >= 4 is 11.1 Å². The maximum Gasteiger partial charge on any atom is 0.119 e. The van der Waals surface area contributed by atoms with Gasteiger partial charge in [-0.25, -0.2) is 0 Å². The van der Waals surface area contributed by atoms with Gasteiger partial charge in [-0.2, -0.15) is 0 Å². The predicted molar refractivity (Wildman–Crippen MR) is 142 cm³/mol. The molecular formula is C31H37NO2. The van der Waals surface area contributed by atoms with E-state index in [-0.39, 0.29) is 0 Å². The summed E-state index contributed by atoms with van der Waals surface area (Å²) in [5.74, 6) is 1.81. The van der Waals surface area contributed by atoms with E-state index in [2.05, 4.69) is 78.6 Å². The van der Waals surface area contributed by atoms with Crippen molar-refractivity contribution in [2.75, 3.05) is 33.4 Å². The largest absolute Gasteiger partial charge is 0.497 e. The van der Waals surface area contributed by atoms with Crippen molar-refractivity contribution in [3.63, 3.8) is 0 Å². The van der Waals surface area contributed by atoms with Crippen LogP contribution in [0.3, 0.4) is 0 Å². The van der Waals surface area contributed by atoms with Gasteiger partial charge in [0.15, 0.2) is 0 Å². The topological polar surface area (TPSA) is 21.7 Å². The molecule has 0 bridgehead atoms. The van der Waals surface area contributed by atoms with Crippen molar-refractivity contribution in [3.05, 3.63) is 95.6 Å². The molecule has 0 radical (unpaired) electrons. The van der Waals surface area contributed by atoms with Crippen molar-refractivity contribution in [3.8, 4) is 11.5 Å². The van der Waals surface area contributed by atoms with Crippen LogP contribution in [-0.4, -0.2) is 38.3 Å². The van der Waals surface area contributed by atoms with E-state index in [4.69, 9.17) is 9.47 Å². The van der Waals surface area contributed by atoms with Crippen molar-refractivity contribution in [2.45, 2.75) is 39.0 Å². The molecule has 1 saturated heterocycles. The number of benzene rings is 3. The molecule has 0 saturated carbocycles. The number of rotatable bonds is 11. The summed E-state index contributed by atoms with van der Waals surface area (Å²) in [5, 5.41) is 0. The summed E-state index contributed by atoms with van der Waals surface area (Å²) in [6.45, 7) is 6.42. The van der Waals surface area contributed by atoms with Gasteiger partial charge in [0.2, 0.25) is 0 Å². The molecule has 1 aliphatic rings. The third-order valence-electron chi connectivity index (χ3n) is 6.60. The zero-order valence-corrected chi connectivity index (χ0v) is 20.6. The average Bonchev–Trinajstić information content (AvgIpc) is 3.41. The Kier molecular flexibility index (Phi) is 8.81. The summed E-state index contributed by atoms with van der Waals surface area (Å²) in [4.78, 5) is 2.48. The van der Waals surface area contributed by atoms with Crippen LogP contribution in [0.15, 0.2) is 78.9 Å². The minimum absolute atomic E-state index is 0.742. The number of nitrogens with zero attached hydrogens (tertiary/aromatic N) is 1. The Balaban J connectivity index is 1.66. The molecule has 178 valence electrons. The van der Waals surface area contributed by atoms with Crippen LogP contribution in [0.1, 0.15) is 55.7 Å². The molecule has 3 heteroatoms. The van der Waals surface area contributed by atoms with Crippen LogP contribution in [0.5, 0.6) is 11.5 Å². The van der Waals surface area contributed by atoms with E-state index in [1.54, 1.807) is 7.11 Å². The average molecular weight is 456 g/mol. The second-order valence-electron chi connectivity index (χ2n) is 8.97. The molecule has 34 heavy (non-hydrogen) atoms. The molecular weight excluding hydrogens is 418 g/mol. The number of allylic oxidation sites excluding steroid dienone is 1. The Labute approximate surface area is 205 Å². The highest BCUT2D eigenvalue weighted by molar-refractivity contribution is 5.98. The van der Waals surface area contributed by atoms with E-state index >= 15 is 0 Å². The van der Waals surface area contributed by atoms with Gasteiger partial charge in [0.1, 0.15) is 18.1 Å². The first-order valence-corrected chi connectivity index (χ1v) is 12.7. The Morgan fingerprint density at radius 2 is 1.38 bits per heavy atom. The lowest BCUT2D eigenvalue weighted by Gasteiger charge is -2.18.